The van der Waals surface area contributed by atoms with Crippen molar-refractivity contribution < 1.29 is 198 Å². The maximum Gasteiger partial charge on any atom is 2.00 e. The monoisotopic (exact) mass is 630 g/mol. The second-order valence-electron chi connectivity index (χ2n) is 0.816. The van der Waals surface area contributed by atoms with E-state index in [1.807, 2.05) is 0 Å². The Hall–Kier alpha value is 3.94. The van der Waals surface area contributed by atoms with E-state index in [4.69, 9.17) is 32.1 Å². The molecule has 0 saturated carbocycles. The van der Waals surface area contributed by atoms with Crippen LogP contribution in [-0.2, 0) is 64.7 Å². The molecule has 0 rings (SSSR count). The fourth-order valence-electron chi connectivity index (χ4n) is 0. The zero-order chi connectivity index (χ0) is 9.00. The van der Waals surface area contributed by atoms with Crippen molar-refractivity contribution in [3.8, 4) is 0 Å². The van der Waals surface area contributed by atoms with E-state index >= 15 is 0 Å². The maximum absolute atomic E-state index is 8.59. The normalized spacial score (nSPS) is 6.11. The predicted molar refractivity (Wildman–Crippen MR) is 43.5 cm³/mol. The van der Waals surface area contributed by atoms with Gasteiger partial charge in [-0.3, -0.25) is 0 Å². The van der Waals surface area contributed by atoms with Crippen LogP contribution in [0.15, 0.2) is 0 Å². The van der Waals surface area contributed by atoms with Gasteiger partial charge < -0.3 is 32.9 Å². The molecule has 0 amide bonds. The minimum atomic E-state index is -5.75. The van der Waals surface area contributed by atoms with Crippen molar-refractivity contribution in [2.45, 2.75) is 0 Å². The van der Waals surface area contributed by atoms with E-state index in [2.05, 4.69) is 0 Å². The van der Waals surface area contributed by atoms with Crippen LogP contribution in [0.3, 0.4) is 0 Å². The molecule has 0 aromatic carbocycles. The summed E-state index contributed by atoms with van der Waals surface area (Å²) in [5, 5.41) is 0. The zero-order valence-electron chi connectivity index (χ0n) is 9.86. The van der Waals surface area contributed by atoms with Crippen molar-refractivity contribution in [1.29, 1.82) is 0 Å². The molecule has 0 spiro atoms. The second-order valence-corrected chi connectivity index (χ2v) is 4.24. The summed E-state index contributed by atoms with van der Waals surface area (Å²) in [6.07, 6.45) is 0. The third-order valence-electron chi connectivity index (χ3n) is 0. The summed E-state index contributed by atoms with van der Waals surface area (Å²) < 4.78 is 68.8. The Bertz CT molecular complexity index is 220. The van der Waals surface area contributed by atoms with Crippen LogP contribution in [0.5, 0.6) is 0 Å². The molecule has 19 heteroatoms. The quantitative estimate of drug-likeness (QED) is 0.182. The van der Waals surface area contributed by atoms with Crippen molar-refractivity contribution in [3.05, 3.63) is 0 Å². The molecular formula is H18NiO14Rb2Se2+6. The minimum Gasteiger partial charge on any atom is -0.457 e. The van der Waals surface area contributed by atoms with Crippen molar-refractivity contribution >= 4 is 26.7 Å². The minimum absolute atomic E-state index is 0. The maximum atomic E-state index is 8.59. The third-order valence-corrected chi connectivity index (χ3v) is 0. The summed E-state index contributed by atoms with van der Waals surface area (Å²) in [5.74, 6) is 0. The van der Waals surface area contributed by atoms with Crippen LogP contribution in [0, 0.1) is 0 Å². The van der Waals surface area contributed by atoms with Crippen LogP contribution in [0.4, 0.5) is 0 Å². The van der Waals surface area contributed by atoms with E-state index < -0.39 is 26.7 Å². The molecule has 0 aliphatic heterocycles. The van der Waals surface area contributed by atoms with E-state index in [1.54, 1.807) is 0 Å². The molecule has 0 heterocycles. The summed E-state index contributed by atoms with van der Waals surface area (Å²) in [6, 6.07) is 0. The SMILES string of the molecule is O=[Se](=O)([O-])[O-].O=[Se](=O)([O-])[O-].[Ni+2].[OH3+].[OH3+].[OH3+].[OH3+].[OH3+].[OH3+].[Rb+].[Rb+]. The van der Waals surface area contributed by atoms with E-state index in [9.17, 15) is 0 Å². The third kappa shape index (κ3) is 561. The average molecular weight is 630 g/mol. The van der Waals surface area contributed by atoms with Gasteiger partial charge in [-0.15, -0.1) is 0 Å². The molecule has 14 nitrogen and oxygen atoms in total. The first-order chi connectivity index (χ1) is 4.00. The first-order valence-corrected chi connectivity index (χ1v) is 6.93. The summed E-state index contributed by atoms with van der Waals surface area (Å²) in [6.45, 7) is 0. The molecule has 120 valence electrons. The molecule has 0 radical (unpaired) electrons. The number of hydrogen-bond acceptors (Lipinski definition) is 8. The van der Waals surface area contributed by atoms with E-state index in [1.165, 1.54) is 0 Å². The van der Waals surface area contributed by atoms with Gasteiger partial charge in [-0.25, -0.2) is 0 Å². The molecule has 0 aromatic rings. The summed E-state index contributed by atoms with van der Waals surface area (Å²) in [7, 11) is 0. The van der Waals surface area contributed by atoms with E-state index in [0.717, 1.165) is 0 Å². The van der Waals surface area contributed by atoms with Gasteiger partial charge in [0.05, 0.1) is 0 Å². The molecule has 0 fully saturated rings. The molecule has 0 aromatic heterocycles. The Labute approximate surface area is 219 Å². The Balaban J connectivity index is -0.00000000508. The van der Waals surface area contributed by atoms with Gasteiger partial charge in [-0.1, -0.05) is 0 Å². The summed E-state index contributed by atoms with van der Waals surface area (Å²) in [4.78, 5) is 0. The van der Waals surface area contributed by atoms with Crippen LogP contribution in [-0.4, -0.2) is 26.7 Å². The Morgan fingerprint density at radius 2 is 0.474 bits per heavy atom. The van der Waals surface area contributed by atoms with Gasteiger partial charge in [0.15, 0.2) is 0 Å². The van der Waals surface area contributed by atoms with Crippen LogP contribution in [0.25, 0.3) is 0 Å². The van der Waals surface area contributed by atoms with Crippen molar-refractivity contribution in [2.75, 3.05) is 0 Å². The standard InChI is InChI=1S/Ni.2H2O4Se.6H2O.2Rb/c;2*1-5(2,3)4;;;;;;;;/h;2*(H2,1,2,3,4);6*1H2;;/q+2;;;;;;;;;2*+1/p+2. The van der Waals surface area contributed by atoms with Gasteiger partial charge in [0, 0.05) is 0 Å². The van der Waals surface area contributed by atoms with Gasteiger partial charge in [0.25, 0.3) is 0 Å². The van der Waals surface area contributed by atoms with Gasteiger partial charge >= 0.3 is 192 Å². The Morgan fingerprint density at radius 1 is 0.474 bits per heavy atom. The Kier molecular flexibility index (Phi) is 154. The van der Waals surface area contributed by atoms with E-state index in [0.29, 0.717) is 0 Å². The van der Waals surface area contributed by atoms with Crippen LogP contribution in [0.1, 0.15) is 0 Å². The fraction of sp³-hybridized carbons (Fsp3) is 0. The van der Waals surface area contributed by atoms with Crippen molar-refractivity contribution in [2.24, 2.45) is 0 Å². The smallest absolute Gasteiger partial charge is 0.457 e. The number of rotatable bonds is 0. The molecule has 18 N–H and O–H groups in total. The zero-order valence-corrected chi connectivity index (χ0v) is 24.1. The average Bonchev–Trinajstić information content (AvgIpc) is 1.12. The molecule has 0 aliphatic carbocycles. The first kappa shape index (κ1) is 77.4. The summed E-state index contributed by atoms with van der Waals surface area (Å²) in [5.41, 5.74) is 0. The van der Waals surface area contributed by atoms with Gasteiger partial charge in [-0.05, 0) is 0 Å². The van der Waals surface area contributed by atoms with Gasteiger partial charge in [0.1, 0.15) is 0 Å². The largest absolute Gasteiger partial charge is 2.00 e. The van der Waals surface area contributed by atoms with Crippen LogP contribution in [0.2, 0.25) is 0 Å². The number of hydrogen-bond donors (Lipinski definition) is 0. The molecular weight excluding hydrogens is 612 g/mol. The van der Waals surface area contributed by atoms with Gasteiger partial charge in [-0.2, -0.15) is 0 Å². The molecule has 0 atom stereocenters. The summed E-state index contributed by atoms with van der Waals surface area (Å²) >= 11 is -11.5. The first-order valence-electron chi connectivity index (χ1n) is 1.33. The molecule has 0 bridgehead atoms. The van der Waals surface area contributed by atoms with Crippen molar-refractivity contribution in [1.82, 2.24) is 0 Å². The molecule has 0 aliphatic rings. The molecule has 19 heavy (non-hydrogen) atoms. The Morgan fingerprint density at radius 3 is 0.474 bits per heavy atom. The predicted octanol–water partition coefficient (Wildman–Crippen LogP) is -17.5. The molecule has 0 saturated heterocycles. The molecule has 0 unspecified atom stereocenters. The van der Waals surface area contributed by atoms with E-state index in [-0.39, 0.29) is 166 Å². The van der Waals surface area contributed by atoms with Crippen molar-refractivity contribution in [3.63, 3.8) is 0 Å². The van der Waals surface area contributed by atoms with Crippen LogP contribution < -0.4 is 133 Å². The van der Waals surface area contributed by atoms with Gasteiger partial charge in [0.2, 0.25) is 0 Å². The van der Waals surface area contributed by atoms with Crippen LogP contribution >= 0.6 is 0 Å². The topological polar surface area (TPSA) is 359 Å². The fourth-order valence-corrected chi connectivity index (χ4v) is 0. The second kappa shape index (κ2) is 37.9.